The maximum atomic E-state index is 15.2. The van der Waals surface area contributed by atoms with E-state index in [0.29, 0.717) is 51.8 Å². The normalized spacial score (nSPS) is 48.1. The van der Waals surface area contributed by atoms with Crippen LogP contribution in [0, 0.1) is 126 Å². The molecule has 0 heterocycles. The summed E-state index contributed by atoms with van der Waals surface area (Å²) in [4.78, 5) is 58.2. The largest absolute Gasteiger partial charge is 0.354 e. The molecule has 0 aromatic heterocycles. The quantitative estimate of drug-likeness (QED) is 0.115. The van der Waals surface area contributed by atoms with Gasteiger partial charge in [-0.25, -0.2) is 0 Å². The first-order valence-corrected chi connectivity index (χ1v) is 32.1. The molecule has 9 heteroatoms. The van der Waals surface area contributed by atoms with E-state index in [0.717, 1.165) is 69.1 Å². The molecule has 0 saturated heterocycles. The smallest absolute Gasteiger partial charge is 0.239 e. The van der Waals surface area contributed by atoms with Gasteiger partial charge in [-0.2, -0.15) is 11.8 Å². The van der Waals surface area contributed by atoms with Gasteiger partial charge in [-0.1, -0.05) is 119 Å². The molecular weight excluding hydrogens is 1040 g/mol. The molecule has 4 N–H and O–H groups in total. The third-order valence-corrected chi connectivity index (χ3v) is 29.5. The van der Waals surface area contributed by atoms with Crippen molar-refractivity contribution in [1.82, 2.24) is 21.3 Å². The van der Waals surface area contributed by atoms with Crippen LogP contribution in [0.2, 0.25) is 0 Å². The molecule has 3 amide bonds. The number of Topliss-reactive ketones (excluding diaryl/α,β-unsaturated/α-hetero) is 1. The Morgan fingerprint density at radius 2 is 0.987 bits per heavy atom. The average molecular weight is 1150 g/mol. The molecular formula is C69H111N4O4Y-. The topological polar surface area (TPSA) is 116 Å². The van der Waals surface area contributed by atoms with Crippen molar-refractivity contribution in [3.63, 3.8) is 0 Å². The summed E-state index contributed by atoms with van der Waals surface area (Å²) < 4.78 is 0. The van der Waals surface area contributed by atoms with Gasteiger partial charge in [0.25, 0.3) is 0 Å². The molecule has 435 valence electrons. The minimum absolute atomic E-state index is 0. The SMILES string of the molecule is C=C(C)C1CCC2(C(=O)NCC(NC)C(=O)NC(CNC(=O)C34CCC(C(=C)C)C3C3CCC5C6(C)CCC(C)C(C)(C)C6CCC5(C)C3(C)CC4)C(C)=O)CCC3(C)C(CCC4C5(C)CC[CH-]C(C)(C)C5CCC43C)C12.[Y]. The van der Waals surface area contributed by atoms with E-state index in [1.165, 1.54) is 95.1 Å². The van der Waals surface area contributed by atoms with Crippen LogP contribution in [0.15, 0.2) is 24.3 Å². The molecule has 10 aliphatic carbocycles. The van der Waals surface area contributed by atoms with Gasteiger partial charge in [-0.15, -0.1) is 0 Å². The second kappa shape index (κ2) is 20.7. The molecule has 0 aliphatic heterocycles. The number of carbonyl (C=O) groups excluding carboxylic acids is 4. The van der Waals surface area contributed by atoms with Crippen LogP contribution in [0.5, 0.6) is 0 Å². The summed E-state index contributed by atoms with van der Waals surface area (Å²) in [6, 6.07) is -1.63. The second-order valence-corrected chi connectivity index (χ2v) is 32.4. The molecule has 10 aliphatic rings. The zero-order valence-corrected chi connectivity index (χ0v) is 55.1. The Hall–Kier alpha value is -1.38. The van der Waals surface area contributed by atoms with Crippen molar-refractivity contribution in [2.75, 3.05) is 20.1 Å². The molecule has 10 rings (SSSR count). The first-order chi connectivity index (χ1) is 35.9. The Morgan fingerprint density at radius 1 is 0.526 bits per heavy atom. The number of hydrogen-bond acceptors (Lipinski definition) is 5. The average Bonchev–Trinajstić information content (AvgIpc) is 2.61. The van der Waals surface area contributed by atoms with Gasteiger partial charge in [0.15, 0.2) is 5.78 Å². The fourth-order valence-electron chi connectivity index (χ4n) is 24.7. The van der Waals surface area contributed by atoms with Gasteiger partial charge >= 0.3 is 0 Å². The van der Waals surface area contributed by atoms with Gasteiger partial charge in [0.2, 0.25) is 17.7 Å². The molecule has 21 atom stereocenters. The molecule has 0 aromatic rings. The summed E-state index contributed by atoms with van der Waals surface area (Å²) in [6.07, 6.45) is 25.2. The minimum Gasteiger partial charge on any atom is -0.354 e. The van der Waals surface area contributed by atoms with E-state index in [2.05, 4.69) is 131 Å². The number of hydrogen-bond donors (Lipinski definition) is 4. The van der Waals surface area contributed by atoms with E-state index in [1.807, 2.05) is 0 Å². The molecule has 10 saturated carbocycles. The van der Waals surface area contributed by atoms with E-state index in [4.69, 9.17) is 0 Å². The summed E-state index contributed by atoms with van der Waals surface area (Å²) in [7, 11) is 1.76. The Labute approximate surface area is 500 Å². The molecule has 10 fully saturated rings. The van der Waals surface area contributed by atoms with Crippen LogP contribution < -0.4 is 21.3 Å². The molecule has 0 bridgehead atoms. The molecule has 8 nitrogen and oxygen atoms in total. The van der Waals surface area contributed by atoms with Gasteiger partial charge in [0.1, 0.15) is 12.1 Å². The van der Waals surface area contributed by atoms with Gasteiger partial charge < -0.3 is 27.7 Å². The molecule has 21 unspecified atom stereocenters. The van der Waals surface area contributed by atoms with E-state index in [1.54, 1.807) is 7.05 Å². The van der Waals surface area contributed by atoms with Crippen LogP contribution in [0.4, 0.5) is 0 Å². The molecule has 0 aromatic carbocycles. The van der Waals surface area contributed by atoms with Crippen molar-refractivity contribution in [2.24, 2.45) is 119 Å². The molecule has 78 heavy (non-hydrogen) atoms. The van der Waals surface area contributed by atoms with Crippen molar-refractivity contribution in [2.45, 2.75) is 237 Å². The van der Waals surface area contributed by atoms with Crippen LogP contribution in [0.3, 0.4) is 0 Å². The maximum absolute atomic E-state index is 15.2. The maximum Gasteiger partial charge on any atom is 0.239 e. The zero-order valence-electron chi connectivity index (χ0n) is 52.3. The van der Waals surface area contributed by atoms with E-state index >= 15 is 9.59 Å². The third-order valence-electron chi connectivity index (χ3n) is 29.5. The summed E-state index contributed by atoms with van der Waals surface area (Å²) in [5, 5.41) is 13.0. The number of ketones is 1. The number of likely N-dealkylation sites (N-methyl/N-ethyl adjacent to an activating group) is 1. The van der Waals surface area contributed by atoms with Crippen molar-refractivity contribution >= 4 is 23.5 Å². The third kappa shape index (κ3) is 8.62. The summed E-state index contributed by atoms with van der Waals surface area (Å²) in [6.45, 7) is 43.9. The Morgan fingerprint density at radius 3 is 1.45 bits per heavy atom. The van der Waals surface area contributed by atoms with Gasteiger partial charge in [0.05, 0.1) is 10.8 Å². The van der Waals surface area contributed by atoms with Gasteiger partial charge in [-0.3, -0.25) is 19.2 Å². The molecule has 1 radical (unpaired) electrons. The number of allylic oxidation sites excluding steroid dienone is 2. The van der Waals surface area contributed by atoms with E-state index in [9.17, 15) is 9.59 Å². The van der Waals surface area contributed by atoms with Crippen molar-refractivity contribution in [3.05, 3.63) is 30.7 Å². The number of nitrogens with one attached hydrogen (secondary N) is 4. The van der Waals surface area contributed by atoms with Crippen LogP contribution in [0.25, 0.3) is 0 Å². The summed E-state index contributed by atoms with van der Waals surface area (Å²) in [5.74, 6) is 5.09. The first kappa shape index (κ1) is 61.2. The summed E-state index contributed by atoms with van der Waals surface area (Å²) in [5.41, 5.74) is 3.35. The van der Waals surface area contributed by atoms with Crippen LogP contribution in [-0.2, 0) is 51.9 Å². The van der Waals surface area contributed by atoms with Crippen LogP contribution >= 0.6 is 0 Å². The number of fused-ring (bicyclic) bond motifs is 14. The first-order valence-electron chi connectivity index (χ1n) is 32.1. The van der Waals surface area contributed by atoms with E-state index in [-0.39, 0.29) is 108 Å². The predicted molar refractivity (Wildman–Crippen MR) is 313 cm³/mol. The standard InChI is InChI=1S/C69H111N4O4.Y/c1-41(2)45-24-33-68(37-36-65(14)48(55(45)68)20-22-54-63(12)30-23-43(5)61(9,10)52(63)27-32-67(54,65)16)58(76)71-39-49(44(6)74)73-57(75)50(70-17)40-72-59(77)69-34-25-46(42(3)4)56(69)47-19-21-53-62(11)29-18-28-60(7,8)51(62)26-31-66(53,15)64(47,13)35-38-69;/h28,43,45-56,70H,1,3,18-27,29-40H2,2,4-17H3,(H,71,76)(H,72,77)(H,73,75);/q-1;. The monoisotopic (exact) mass is 1150 g/mol. The Balaban J connectivity index is 0.00000740. The predicted octanol–water partition coefficient (Wildman–Crippen LogP) is 14.0. The fourth-order valence-corrected chi connectivity index (χ4v) is 24.7. The van der Waals surface area contributed by atoms with Crippen molar-refractivity contribution in [1.29, 1.82) is 0 Å². The minimum atomic E-state index is -0.885. The van der Waals surface area contributed by atoms with Crippen LogP contribution in [0.1, 0.15) is 225 Å². The Kier molecular flexibility index (Phi) is 16.2. The number of rotatable bonds is 12. The number of amides is 3. The van der Waals surface area contributed by atoms with E-state index < -0.39 is 22.9 Å². The fraction of sp³-hybridized carbons (Fsp3) is 0.870. The molecule has 0 spiro atoms. The Bertz CT molecular complexity index is 2400. The zero-order chi connectivity index (χ0) is 56.1. The van der Waals surface area contributed by atoms with Crippen LogP contribution in [-0.4, -0.2) is 55.7 Å². The van der Waals surface area contributed by atoms with Gasteiger partial charge in [-0.05, 0) is 234 Å². The second-order valence-electron chi connectivity index (χ2n) is 32.4. The summed E-state index contributed by atoms with van der Waals surface area (Å²) >= 11 is 0. The van der Waals surface area contributed by atoms with Gasteiger partial charge in [0, 0.05) is 45.8 Å². The van der Waals surface area contributed by atoms with Crippen molar-refractivity contribution < 1.29 is 51.9 Å². The number of carbonyl (C=O) groups is 4. The van der Waals surface area contributed by atoms with Crippen molar-refractivity contribution in [3.8, 4) is 0 Å².